The van der Waals surface area contributed by atoms with Crippen molar-refractivity contribution in [2.75, 3.05) is 51.8 Å². The van der Waals surface area contributed by atoms with Crippen molar-refractivity contribution in [3.63, 3.8) is 0 Å². The lowest BCUT2D eigenvalue weighted by atomic mass is 10.2. The predicted octanol–water partition coefficient (Wildman–Crippen LogP) is 2.41. The summed E-state index contributed by atoms with van der Waals surface area (Å²) in [6, 6.07) is 13.2. The number of pyridine rings is 1. The number of hydrogen-bond acceptors (Lipinski definition) is 9. The molecule has 0 bridgehead atoms. The zero-order valence-electron chi connectivity index (χ0n) is 20.2. The summed E-state index contributed by atoms with van der Waals surface area (Å²) in [6.07, 6.45) is 1.13. The summed E-state index contributed by atoms with van der Waals surface area (Å²) < 4.78 is 11.2. The maximum absolute atomic E-state index is 8.29. The van der Waals surface area contributed by atoms with Gasteiger partial charge in [-0.1, -0.05) is 18.2 Å². The average Bonchev–Trinajstić information content (AvgIpc) is 2.87. The molecular formula is C25H35N7O2. The summed E-state index contributed by atoms with van der Waals surface area (Å²) in [5.74, 6) is 0.865. The van der Waals surface area contributed by atoms with E-state index in [1.54, 1.807) is 20.2 Å². The molecule has 1 aromatic heterocycles. The number of ether oxygens (including phenoxy) is 2. The number of benzene rings is 1. The molecule has 5 N–H and O–H groups in total. The third-order valence-corrected chi connectivity index (χ3v) is 5.49. The van der Waals surface area contributed by atoms with Gasteiger partial charge in [0.1, 0.15) is 11.5 Å². The number of morpholine rings is 1. The second-order valence-electron chi connectivity index (χ2n) is 8.06. The first-order chi connectivity index (χ1) is 16.5. The van der Waals surface area contributed by atoms with Gasteiger partial charge in [-0.25, -0.2) is 4.98 Å². The largest absolute Gasteiger partial charge is 0.452 e. The van der Waals surface area contributed by atoms with Crippen LogP contribution >= 0.6 is 0 Å². The highest BCUT2D eigenvalue weighted by Gasteiger charge is 2.19. The van der Waals surface area contributed by atoms with Crippen molar-refractivity contribution >= 4 is 17.4 Å². The minimum Gasteiger partial charge on any atom is -0.452 e. The first-order valence-corrected chi connectivity index (χ1v) is 11.5. The Balaban J connectivity index is 1.63. The molecule has 1 aliphatic rings. The van der Waals surface area contributed by atoms with E-state index in [-0.39, 0.29) is 5.90 Å². The third kappa shape index (κ3) is 7.38. The van der Waals surface area contributed by atoms with Crippen molar-refractivity contribution in [1.82, 2.24) is 15.2 Å². The molecule has 1 atom stereocenters. The van der Waals surface area contributed by atoms with Gasteiger partial charge >= 0.3 is 0 Å². The maximum atomic E-state index is 8.29. The molecule has 1 aromatic carbocycles. The van der Waals surface area contributed by atoms with Crippen molar-refractivity contribution < 1.29 is 9.47 Å². The lowest BCUT2D eigenvalue weighted by Gasteiger charge is -2.26. The van der Waals surface area contributed by atoms with E-state index in [2.05, 4.69) is 20.5 Å². The van der Waals surface area contributed by atoms with Crippen molar-refractivity contribution in [2.24, 2.45) is 10.7 Å². The molecule has 34 heavy (non-hydrogen) atoms. The summed E-state index contributed by atoms with van der Waals surface area (Å²) in [5, 5.41) is 14.7. The number of anilines is 1. The zero-order chi connectivity index (χ0) is 24.3. The molecule has 9 heteroatoms. The molecule has 3 rings (SSSR count). The first kappa shape index (κ1) is 25.4. The molecule has 1 fully saturated rings. The van der Waals surface area contributed by atoms with Gasteiger partial charge < -0.3 is 20.5 Å². The molecule has 0 radical (unpaired) electrons. The van der Waals surface area contributed by atoms with Crippen LogP contribution in [0.4, 0.5) is 5.82 Å². The van der Waals surface area contributed by atoms with Crippen molar-refractivity contribution in [3.05, 3.63) is 71.2 Å². The summed E-state index contributed by atoms with van der Waals surface area (Å²) >= 11 is 0. The molecule has 9 nitrogen and oxygen atoms in total. The third-order valence-electron chi connectivity index (χ3n) is 5.49. The average molecular weight is 466 g/mol. The predicted molar refractivity (Wildman–Crippen MR) is 136 cm³/mol. The van der Waals surface area contributed by atoms with Crippen LogP contribution in [0.5, 0.6) is 0 Å². The van der Waals surface area contributed by atoms with E-state index < -0.39 is 6.23 Å². The van der Waals surface area contributed by atoms with E-state index >= 15 is 0 Å². The lowest BCUT2D eigenvalue weighted by Crippen LogP contribution is -2.39. The number of nitrogens with two attached hydrogens (primary N) is 1. The Bertz CT molecular complexity index is 980. The number of likely N-dealkylation sites (N-methyl/N-ethyl adjacent to an activating group) is 1. The van der Waals surface area contributed by atoms with Crippen LogP contribution in [0.1, 0.15) is 25.0 Å². The molecule has 2 aromatic rings. The van der Waals surface area contributed by atoms with Gasteiger partial charge in [-0.05, 0) is 45.2 Å². The van der Waals surface area contributed by atoms with Crippen LogP contribution in [0.3, 0.4) is 0 Å². The van der Waals surface area contributed by atoms with Gasteiger partial charge in [0.15, 0.2) is 6.23 Å². The number of hydrogen-bond donors (Lipinski definition) is 4. The molecule has 1 aliphatic heterocycles. The highest BCUT2D eigenvalue weighted by Crippen LogP contribution is 2.15. The molecule has 2 heterocycles. The topological polar surface area (TPSA) is 121 Å². The minimum absolute atomic E-state index is 0.0423. The first-order valence-electron chi connectivity index (χ1n) is 11.5. The highest BCUT2D eigenvalue weighted by atomic mass is 16.5. The van der Waals surface area contributed by atoms with Gasteiger partial charge in [-0.15, -0.1) is 0 Å². The van der Waals surface area contributed by atoms with E-state index in [1.807, 2.05) is 49.4 Å². The Morgan fingerprint density at radius 2 is 1.91 bits per heavy atom. The van der Waals surface area contributed by atoms with Crippen LogP contribution < -0.4 is 16.4 Å². The molecule has 0 aliphatic carbocycles. The quantitative estimate of drug-likeness (QED) is 0.242. The fraction of sp³-hybridized carbons (Fsp3) is 0.400. The van der Waals surface area contributed by atoms with Gasteiger partial charge in [0.05, 0.1) is 13.2 Å². The van der Waals surface area contributed by atoms with Crippen LogP contribution in [0.25, 0.3) is 0 Å². The number of nitrogens with zero attached hydrogens (tertiary/aromatic N) is 3. The molecular weight excluding hydrogens is 430 g/mol. The number of aromatic nitrogens is 1. The summed E-state index contributed by atoms with van der Waals surface area (Å²) in [7, 11) is 1.75. The maximum Gasteiger partial charge on any atom is 0.215 e. The Morgan fingerprint density at radius 1 is 1.18 bits per heavy atom. The van der Waals surface area contributed by atoms with Crippen LogP contribution in [0.2, 0.25) is 0 Å². The van der Waals surface area contributed by atoms with Crippen LogP contribution in [0, 0.1) is 5.41 Å². The van der Waals surface area contributed by atoms with Crippen LogP contribution in [-0.2, 0) is 9.47 Å². The Morgan fingerprint density at radius 3 is 2.53 bits per heavy atom. The molecule has 0 amide bonds. The van der Waals surface area contributed by atoms with Gasteiger partial charge in [-0.2, -0.15) is 0 Å². The Labute approximate surface area is 201 Å². The molecule has 182 valence electrons. The minimum atomic E-state index is -0.665. The molecule has 0 unspecified atom stereocenters. The van der Waals surface area contributed by atoms with Crippen molar-refractivity contribution in [3.8, 4) is 0 Å². The van der Waals surface area contributed by atoms with Crippen LogP contribution in [-0.4, -0.2) is 74.2 Å². The Kier molecular flexibility index (Phi) is 9.57. The van der Waals surface area contributed by atoms with E-state index in [4.69, 9.17) is 25.6 Å². The SMILES string of the molecule is CN[C@H](OC(=N)c1ccccc1)/C(N=C(C)c1ccc(NCCN2CCOCC2)nc1)=C(\C)N. The molecule has 0 saturated carbocycles. The van der Waals surface area contributed by atoms with E-state index in [0.29, 0.717) is 17.0 Å². The Hall–Kier alpha value is -3.27. The standard InChI is InChI=1S/C25H35N7O2/c1-18(26)23(25(28-3)34-24(27)20-7-5-4-6-8-20)31-19(2)21-9-10-22(30-17-21)29-11-12-32-13-15-33-16-14-32/h4-10,17,25,27-28H,11-16,26H2,1-3H3,(H,29,30)/b23-18-,27-24?,31-19?/t25-/m1/s1. The van der Waals surface area contributed by atoms with E-state index in [1.165, 1.54) is 0 Å². The van der Waals surface area contributed by atoms with Crippen molar-refractivity contribution in [1.29, 1.82) is 5.41 Å². The second-order valence-corrected chi connectivity index (χ2v) is 8.06. The number of aliphatic imine (C=N–C) groups is 1. The lowest BCUT2D eigenvalue weighted by molar-refractivity contribution is 0.0398. The number of allylic oxidation sites excluding steroid dienone is 1. The highest BCUT2D eigenvalue weighted by molar-refractivity contribution is 5.99. The number of rotatable bonds is 10. The fourth-order valence-corrected chi connectivity index (χ4v) is 3.51. The second kappa shape index (κ2) is 12.8. The summed E-state index contributed by atoms with van der Waals surface area (Å²) in [5.41, 5.74) is 9.48. The summed E-state index contributed by atoms with van der Waals surface area (Å²) in [4.78, 5) is 11.6. The fourth-order valence-electron chi connectivity index (χ4n) is 3.51. The molecule has 1 saturated heterocycles. The van der Waals surface area contributed by atoms with E-state index in [0.717, 1.165) is 56.5 Å². The summed E-state index contributed by atoms with van der Waals surface area (Å²) in [6.45, 7) is 9.01. The van der Waals surface area contributed by atoms with Gasteiger partial charge in [0.2, 0.25) is 5.90 Å². The van der Waals surface area contributed by atoms with Crippen molar-refractivity contribution in [2.45, 2.75) is 20.1 Å². The smallest absolute Gasteiger partial charge is 0.215 e. The van der Waals surface area contributed by atoms with Gasteiger partial charge in [0.25, 0.3) is 0 Å². The zero-order valence-corrected chi connectivity index (χ0v) is 20.2. The monoisotopic (exact) mass is 465 g/mol. The van der Waals surface area contributed by atoms with Gasteiger partial charge in [0, 0.05) is 54.9 Å². The van der Waals surface area contributed by atoms with E-state index in [9.17, 15) is 0 Å². The normalized spacial score (nSPS) is 16.5. The molecule has 0 spiro atoms. The van der Waals surface area contributed by atoms with Gasteiger partial charge in [-0.3, -0.25) is 20.6 Å². The number of nitrogens with one attached hydrogen (secondary N) is 3. The van der Waals surface area contributed by atoms with Crippen LogP contribution in [0.15, 0.2) is 65.0 Å².